The number of hydrogen-bond donors (Lipinski definition) is 0. The van der Waals surface area contributed by atoms with Crippen LogP contribution in [0.4, 0.5) is 0 Å². The second kappa shape index (κ2) is 9.54. The van der Waals surface area contributed by atoms with Crippen LogP contribution in [-0.4, -0.2) is 14.2 Å². The van der Waals surface area contributed by atoms with Gasteiger partial charge in [0.05, 0.1) is 4.90 Å². The fourth-order valence-electron chi connectivity index (χ4n) is 1.74. The number of rotatable bonds is 8. The summed E-state index contributed by atoms with van der Waals surface area (Å²) in [6.45, 7) is 4.06. The van der Waals surface area contributed by atoms with E-state index in [1.165, 1.54) is 12.8 Å². The first-order valence-electron chi connectivity index (χ1n) is 7.06. The molecule has 1 atom stereocenters. The van der Waals surface area contributed by atoms with E-state index >= 15 is 0 Å². The Hall–Kier alpha value is -0.460. The Morgan fingerprint density at radius 2 is 1.86 bits per heavy atom. The highest BCUT2D eigenvalue weighted by Gasteiger charge is 2.13. The summed E-state index contributed by atoms with van der Waals surface area (Å²) in [6.07, 6.45) is 6.38. The lowest BCUT2D eigenvalue weighted by molar-refractivity contribution is 0.598. The van der Waals surface area contributed by atoms with Crippen LogP contribution in [0.1, 0.15) is 39.5 Å². The van der Waals surface area contributed by atoms with Crippen molar-refractivity contribution in [3.63, 3.8) is 0 Å². The number of benzene rings is 1. The summed E-state index contributed by atoms with van der Waals surface area (Å²) in [7, 11) is -4.13. The largest absolute Gasteiger partial charge is 0.288 e. The van der Waals surface area contributed by atoms with Crippen molar-refractivity contribution >= 4 is 36.6 Å². The van der Waals surface area contributed by atoms with Crippen LogP contribution >= 0.6 is 15.9 Å². The van der Waals surface area contributed by atoms with Crippen LogP contribution in [0.15, 0.2) is 48.9 Å². The maximum absolute atomic E-state index is 12.3. The molecule has 0 fully saturated rings. The summed E-state index contributed by atoms with van der Waals surface area (Å²) in [5, 5.41) is 1.89. The van der Waals surface area contributed by atoms with Gasteiger partial charge in [0.15, 0.2) is 0 Å². The number of nitrogens with zero attached hydrogens (tertiary/aromatic N) is 1. The predicted octanol–water partition coefficient (Wildman–Crippen LogP) is 5.05. The molecule has 118 valence electrons. The number of sulfonamides is 1. The monoisotopic (exact) mass is 391 g/mol. The minimum absolute atomic E-state index is 0.251. The third kappa shape index (κ3) is 6.89. The molecule has 0 radical (unpaired) electrons. The summed E-state index contributed by atoms with van der Waals surface area (Å²) in [5.41, 5.74) is 0. The van der Waals surface area contributed by atoms with E-state index in [-0.39, 0.29) is 4.90 Å². The molecule has 0 bridgehead atoms. The topological polar surface area (TPSA) is 46.5 Å². The normalized spacial score (nSPS) is 13.9. The van der Waals surface area contributed by atoms with Crippen LogP contribution in [0.25, 0.3) is 0 Å². The van der Waals surface area contributed by atoms with Crippen molar-refractivity contribution in [1.29, 1.82) is 0 Å². The fourth-order valence-corrected chi connectivity index (χ4v) is 5.28. The molecule has 6 heteroatoms. The van der Waals surface area contributed by atoms with Gasteiger partial charge in [0.2, 0.25) is 0 Å². The molecule has 0 aliphatic rings. The van der Waals surface area contributed by atoms with Gasteiger partial charge in [-0.3, -0.25) is 0 Å². The molecule has 0 aromatic heterocycles. The summed E-state index contributed by atoms with van der Waals surface area (Å²) in [5.74, 6) is 0.806. The zero-order chi connectivity index (χ0) is 15.7. The van der Waals surface area contributed by atoms with E-state index in [2.05, 4.69) is 26.6 Å². The van der Waals surface area contributed by atoms with Crippen molar-refractivity contribution in [3.05, 3.63) is 40.2 Å². The predicted molar refractivity (Wildman–Crippen MR) is 94.9 cm³/mol. The fraction of sp³-hybridized carbons (Fsp3) is 0.467. The lowest BCUT2D eigenvalue weighted by Crippen LogP contribution is -2.02. The molecule has 0 aliphatic heterocycles. The summed E-state index contributed by atoms with van der Waals surface area (Å²) in [6, 6.07) is 6.60. The Morgan fingerprint density at radius 1 is 1.19 bits per heavy atom. The lowest BCUT2D eigenvalue weighted by atomic mass is 10.2. The third-order valence-corrected chi connectivity index (χ3v) is 7.05. The summed E-state index contributed by atoms with van der Waals surface area (Å²) in [4.78, 5) is 0.251. The van der Waals surface area contributed by atoms with Crippen LogP contribution in [0.3, 0.4) is 0 Å². The Labute approximate surface area is 139 Å². The van der Waals surface area contributed by atoms with Crippen molar-refractivity contribution in [2.24, 2.45) is 3.77 Å². The zero-order valence-electron chi connectivity index (χ0n) is 12.5. The van der Waals surface area contributed by atoms with E-state index in [1.54, 1.807) is 24.3 Å². The minimum atomic E-state index is -3.58. The van der Waals surface area contributed by atoms with E-state index < -0.39 is 20.7 Å². The molecular formula is C15H22BrNO2S2. The van der Waals surface area contributed by atoms with Gasteiger partial charge in [-0.1, -0.05) is 58.9 Å². The first-order chi connectivity index (χ1) is 9.99. The zero-order valence-corrected chi connectivity index (χ0v) is 15.7. The molecule has 0 saturated carbocycles. The van der Waals surface area contributed by atoms with E-state index in [9.17, 15) is 8.42 Å². The van der Waals surface area contributed by atoms with Crippen molar-refractivity contribution in [1.82, 2.24) is 0 Å². The van der Waals surface area contributed by atoms with Gasteiger partial charge in [-0.2, -0.15) is 8.42 Å². The third-order valence-electron chi connectivity index (χ3n) is 2.81. The number of allylic oxidation sites excluding steroid dienone is 1. The van der Waals surface area contributed by atoms with Crippen LogP contribution in [-0.2, 0) is 20.7 Å². The summed E-state index contributed by atoms with van der Waals surface area (Å²) < 4.78 is 29.6. The van der Waals surface area contributed by atoms with Gasteiger partial charge in [-0.05, 0) is 43.0 Å². The SMILES string of the molecule is C/C=C/S(CCCCCC)=NS(=O)(=O)c1ccc(Br)cc1. The maximum atomic E-state index is 12.3. The quantitative estimate of drug-likeness (QED) is 0.581. The van der Waals surface area contributed by atoms with Crippen LogP contribution in [0, 0.1) is 0 Å². The molecule has 0 heterocycles. The van der Waals surface area contributed by atoms with Crippen LogP contribution in [0.2, 0.25) is 0 Å². The number of hydrogen-bond acceptors (Lipinski definition) is 2. The Balaban J connectivity index is 2.89. The number of unbranched alkanes of at least 4 members (excludes halogenated alkanes) is 3. The first kappa shape index (κ1) is 18.6. The van der Waals surface area contributed by atoms with E-state index in [4.69, 9.17) is 0 Å². The standard InChI is InChI=1S/C15H22BrNO2S2/c1-3-5-6-7-13-20(12-4-2)17-21(18,19)15-10-8-14(16)9-11-15/h4,8-12H,3,5-7,13H2,1-2H3/b12-4+. The number of halogens is 1. The van der Waals surface area contributed by atoms with Gasteiger partial charge in [-0.25, -0.2) is 0 Å². The molecule has 1 aromatic rings. The molecule has 0 saturated heterocycles. The van der Waals surface area contributed by atoms with Gasteiger partial charge < -0.3 is 0 Å². The molecule has 0 N–H and O–H groups in total. The smallest absolute Gasteiger partial charge is 0.199 e. The molecule has 1 aromatic carbocycles. The Kier molecular flexibility index (Phi) is 8.44. The van der Waals surface area contributed by atoms with Crippen molar-refractivity contribution in [3.8, 4) is 0 Å². The van der Waals surface area contributed by atoms with Gasteiger partial charge in [0, 0.05) is 10.2 Å². The van der Waals surface area contributed by atoms with Crippen molar-refractivity contribution < 1.29 is 8.42 Å². The van der Waals surface area contributed by atoms with E-state index in [1.807, 2.05) is 18.4 Å². The first-order valence-corrected chi connectivity index (χ1v) is 10.7. The molecule has 3 nitrogen and oxygen atoms in total. The average Bonchev–Trinajstić information content (AvgIpc) is 2.44. The van der Waals surface area contributed by atoms with Gasteiger partial charge in [0.1, 0.15) is 0 Å². The van der Waals surface area contributed by atoms with E-state index in [0.717, 1.165) is 23.1 Å². The van der Waals surface area contributed by atoms with Gasteiger partial charge >= 0.3 is 0 Å². The molecule has 0 amide bonds. The second-order valence-electron chi connectivity index (χ2n) is 4.64. The van der Waals surface area contributed by atoms with Crippen LogP contribution in [0.5, 0.6) is 0 Å². The van der Waals surface area contributed by atoms with Gasteiger partial charge in [0.25, 0.3) is 10.0 Å². The molecule has 21 heavy (non-hydrogen) atoms. The van der Waals surface area contributed by atoms with Crippen LogP contribution < -0.4 is 0 Å². The minimum Gasteiger partial charge on any atom is -0.199 e. The maximum Gasteiger partial charge on any atom is 0.288 e. The highest BCUT2D eigenvalue weighted by Crippen LogP contribution is 2.18. The second-order valence-corrected chi connectivity index (χ2v) is 9.06. The Morgan fingerprint density at radius 3 is 2.43 bits per heavy atom. The summed E-state index contributed by atoms with van der Waals surface area (Å²) >= 11 is 3.30. The average molecular weight is 392 g/mol. The molecule has 1 unspecified atom stereocenters. The van der Waals surface area contributed by atoms with Crippen molar-refractivity contribution in [2.45, 2.75) is 44.4 Å². The Bertz CT molecular complexity index is 593. The molecule has 0 spiro atoms. The molecule has 1 rings (SSSR count). The highest BCUT2D eigenvalue weighted by molar-refractivity contribution is 9.10. The molecule has 0 aliphatic carbocycles. The van der Waals surface area contributed by atoms with Gasteiger partial charge in [-0.15, -0.1) is 3.77 Å². The lowest BCUT2D eigenvalue weighted by Gasteiger charge is -2.05. The highest BCUT2D eigenvalue weighted by atomic mass is 79.9. The van der Waals surface area contributed by atoms with Crippen molar-refractivity contribution in [2.75, 3.05) is 5.75 Å². The molecular weight excluding hydrogens is 370 g/mol. The van der Waals surface area contributed by atoms with E-state index in [0.29, 0.717) is 0 Å².